The predicted molar refractivity (Wildman–Crippen MR) is 130 cm³/mol. The van der Waals surface area contributed by atoms with E-state index >= 15 is 0 Å². The highest BCUT2D eigenvalue weighted by molar-refractivity contribution is 7.80. The number of carbonyl (C=O) groups excluding carboxylic acids is 2. The number of nitrogens with one attached hydrogen (secondary N) is 1. The molecule has 33 heavy (non-hydrogen) atoms. The molecule has 3 aromatic rings. The van der Waals surface area contributed by atoms with Crippen molar-refractivity contribution in [2.75, 3.05) is 12.0 Å². The molecule has 0 radical (unpaired) electrons. The molecule has 1 N–H and O–H groups in total. The van der Waals surface area contributed by atoms with E-state index in [1.807, 2.05) is 6.07 Å². The number of halogens is 2. The molecule has 1 fully saturated rings. The van der Waals surface area contributed by atoms with Gasteiger partial charge < -0.3 is 4.74 Å². The number of ether oxygens (including phenoxy) is 1. The summed E-state index contributed by atoms with van der Waals surface area (Å²) in [5.74, 6) is -1.03. The zero-order chi connectivity index (χ0) is 23.5. The zero-order valence-corrected chi connectivity index (χ0v) is 19.0. The van der Waals surface area contributed by atoms with Crippen LogP contribution in [0.5, 0.6) is 5.75 Å². The summed E-state index contributed by atoms with van der Waals surface area (Å²) in [7, 11) is 1.49. The van der Waals surface area contributed by atoms with Crippen LogP contribution < -0.4 is 15.0 Å². The number of hydrogen-bond donors (Lipinski definition) is 1. The fourth-order valence-corrected chi connectivity index (χ4v) is 4.12. The quantitative estimate of drug-likeness (QED) is 0.320. The number of anilines is 1. The molecule has 4 rings (SSSR count). The molecule has 0 aliphatic carbocycles. The Morgan fingerprint density at radius 2 is 1.85 bits per heavy atom. The number of thiocarbonyl (C=S) groups is 1. The Morgan fingerprint density at radius 3 is 2.55 bits per heavy atom. The first kappa shape index (κ1) is 22.6. The number of carbonyl (C=O) groups is 2. The molecule has 1 saturated heterocycles. The van der Waals surface area contributed by atoms with E-state index in [1.54, 1.807) is 48.5 Å². The van der Waals surface area contributed by atoms with E-state index < -0.39 is 11.8 Å². The first-order valence-corrected chi connectivity index (χ1v) is 10.7. The van der Waals surface area contributed by atoms with Crippen LogP contribution in [-0.2, 0) is 16.0 Å². The van der Waals surface area contributed by atoms with Gasteiger partial charge in [-0.2, -0.15) is 0 Å². The summed E-state index contributed by atoms with van der Waals surface area (Å²) in [5, 5.41) is 2.92. The molecule has 1 aliphatic heterocycles. The van der Waals surface area contributed by atoms with E-state index in [0.717, 1.165) is 5.56 Å². The minimum absolute atomic E-state index is 0.00871. The summed E-state index contributed by atoms with van der Waals surface area (Å²) in [4.78, 5) is 27.0. The van der Waals surface area contributed by atoms with E-state index in [2.05, 4.69) is 5.32 Å². The molecule has 166 valence electrons. The van der Waals surface area contributed by atoms with Gasteiger partial charge in [0.1, 0.15) is 17.1 Å². The van der Waals surface area contributed by atoms with Crippen molar-refractivity contribution < 1.29 is 18.7 Å². The standard InChI is InChI=1S/C25H18ClFN2O3S/c1-32-22-14-16(13-21(26)19(22)11-15-6-5-7-17(27)10-15)12-20-23(30)28-25(33)29(24(20)31)18-8-3-2-4-9-18/h2-10,12-14H,11H2,1H3,(H,28,30,33)/b20-12-. The van der Waals surface area contributed by atoms with Gasteiger partial charge in [-0.3, -0.25) is 19.8 Å². The number of methoxy groups -OCH3 is 1. The summed E-state index contributed by atoms with van der Waals surface area (Å²) in [6, 6.07) is 18.3. The molecule has 0 saturated carbocycles. The number of para-hydroxylation sites is 1. The maximum atomic E-state index is 13.6. The first-order chi connectivity index (χ1) is 15.9. The molecule has 5 nitrogen and oxygen atoms in total. The third-order valence-corrected chi connectivity index (χ3v) is 5.72. The number of rotatable bonds is 5. The Morgan fingerprint density at radius 1 is 1.09 bits per heavy atom. The normalized spacial score (nSPS) is 15.1. The SMILES string of the molecule is COc1cc(/C=C2/C(=O)NC(=S)N(c3ccccc3)C2=O)cc(Cl)c1Cc1cccc(F)c1. The Kier molecular flexibility index (Phi) is 6.53. The topological polar surface area (TPSA) is 58.6 Å². The maximum absolute atomic E-state index is 13.6. The minimum Gasteiger partial charge on any atom is -0.496 e. The van der Waals surface area contributed by atoms with Gasteiger partial charge in [0.15, 0.2) is 5.11 Å². The van der Waals surface area contributed by atoms with E-state index in [1.165, 1.54) is 30.2 Å². The zero-order valence-electron chi connectivity index (χ0n) is 17.5. The van der Waals surface area contributed by atoms with Gasteiger partial charge in [0.2, 0.25) is 0 Å². The van der Waals surface area contributed by atoms with Crippen molar-refractivity contribution in [1.82, 2.24) is 5.32 Å². The largest absolute Gasteiger partial charge is 0.496 e. The minimum atomic E-state index is -0.601. The predicted octanol–water partition coefficient (Wildman–Crippen LogP) is 4.91. The van der Waals surface area contributed by atoms with Gasteiger partial charge in [-0.15, -0.1) is 0 Å². The van der Waals surface area contributed by atoms with Crippen molar-refractivity contribution in [3.63, 3.8) is 0 Å². The molecule has 1 aliphatic rings. The molecule has 1 heterocycles. The lowest BCUT2D eigenvalue weighted by atomic mass is 10.00. The lowest BCUT2D eigenvalue weighted by Crippen LogP contribution is -2.54. The van der Waals surface area contributed by atoms with Crippen molar-refractivity contribution in [1.29, 1.82) is 0 Å². The average molecular weight is 481 g/mol. The molecule has 0 aromatic heterocycles. The molecular formula is C25H18ClFN2O3S. The molecule has 8 heteroatoms. The monoisotopic (exact) mass is 480 g/mol. The first-order valence-electron chi connectivity index (χ1n) is 9.94. The summed E-state index contributed by atoms with van der Waals surface area (Å²) in [5.41, 5.74) is 2.34. The van der Waals surface area contributed by atoms with Crippen molar-refractivity contribution in [2.24, 2.45) is 0 Å². The number of hydrogen-bond acceptors (Lipinski definition) is 4. The third kappa shape index (κ3) is 4.79. The van der Waals surface area contributed by atoms with Crippen LogP contribution in [0.4, 0.5) is 10.1 Å². The molecule has 2 amide bonds. The van der Waals surface area contributed by atoms with Crippen LogP contribution in [0.25, 0.3) is 6.08 Å². The summed E-state index contributed by atoms with van der Waals surface area (Å²) in [6.45, 7) is 0. The fourth-order valence-electron chi connectivity index (χ4n) is 3.56. The highest BCUT2D eigenvalue weighted by atomic mass is 35.5. The van der Waals surface area contributed by atoms with Gasteiger partial charge in [-0.05, 0) is 65.8 Å². The highest BCUT2D eigenvalue weighted by Crippen LogP contribution is 2.32. The van der Waals surface area contributed by atoms with Crippen LogP contribution in [-0.4, -0.2) is 24.0 Å². The average Bonchev–Trinajstić information content (AvgIpc) is 2.79. The smallest absolute Gasteiger partial charge is 0.270 e. The molecule has 0 spiro atoms. The van der Waals surface area contributed by atoms with Gasteiger partial charge in [0.05, 0.1) is 12.8 Å². The van der Waals surface area contributed by atoms with E-state index in [9.17, 15) is 14.0 Å². The second kappa shape index (κ2) is 9.52. The van der Waals surface area contributed by atoms with Crippen molar-refractivity contribution in [2.45, 2.75) is 6.42 Å². The van der Waals surface area contributed by atoms with Gasteiger partial charge in [-0.1, -0.05) is 41.9 Å². The van der Waals surface area contributed by atoms with Gasteiger partial charge in [-0.25, -0.2) is 4.39 Å². The van der Waals surface area contributed by atoms with Gasteiger partial charge in [0.25, 0.3) is 11.8 Å². The lowest BCUT2D eigenvalue weighted by molar-refractivity contribution is -0.122. The van der Waals surface area contributed by atoms with Crippen molar-refractivity contribution in [3.05, 3.63) is 99.8 Å². The third-order valence-electron chi connectivity index (χ3n) is 5.09. The fraction of sp³-hybridized carbons (Fsp3) is 0.0800. The Hall–Kier alpha value is -3.55. The Bertz CT molecular complexity index is 1290. The molecule has 0 atom stereocenters. The number of benzene rings is 3. The molecule has 0 bridgehead atoms. The highest BCUT2D eigenvalue weighted by Gasteiger charge is 2.34. The number of nitrogens with zero attached hydrogens (tertiary/aromatic N) is 1. The lowest BCUT2D eigenvalue weighted by Gasteiger charge is -2.28. The maximum Gasteiger partial charge on any atom is 0.270 e. The van der Waals surface area contributed by atoms with E-state index in [4.69, 9.17) is 28.6 Å². The van der Waals surface area contributed by atoms with Crippen LogP contribution in [0.15, 0.2) is 72.3 Å². The molecular weight excluding hydrogens is 463 g/mol. The Labute approximate surface area is 200 Å². The molecule has 0 unspecified atom stereocenters. The Balaban J connectivity index is 1.70. The number of amides is 2. The summed E-state index contributed by atoms with van der Waals surface area (Å²) < 4.78 is 19.1. The summed E-state index contributed by atoms with van der Waals surface area (Å²) in [6.07, 6.45) is 1.79. The van der Waals surface area contributed by atoms with Crippen molar-refractivity contribution >= 4 is 52.5 Å². The van der Waals surface area contributed by atoms with Crippen molar-refractivity contribution in [3.8, 4) is 5.75 Å². The second-order valence-electron chi connectivity index (χ2n) is 7.28. The van der Waals surface area contributed by atoms with Crippen LogP contribution in [0.1, 0.15) is 16.7 Å². The van der Waals surface area contributed by atoms with E-state index in [0.29, 0.717) is 34.0 Å². The van der Waals surface area contributed by atoms with Crippen LogP contribution in [0, 0.1) is 5.82 Å². The molecule has 3 aromatic carbocycles. The van der Waals surface area contributed by atoms with Crippen LogP contribution in [0.2, 0.25) is 5.02 Å². The van der Waals surface area contributed by atoms with Crippen LogP contribution in [0.3, 0.4) is 0 Å². The van der Waals surface area contributed by atoms with Gasteiger partial charge >= 0.3 is 0 Å². The second-order valence-corrected chi connectivity index (χ2v) is 8.08. The van der Waals surface area contributed by atoms with Crippen LogP contribution >= 0.6 is 23.8 Å². The summed E-state index contributed by atoms with van der Waals surface area (Å²) >= 11 is 11.7. The van der Waals surface area contributed by atoms with E-state index in [-0.39, 0.29) is 16.5 Å². The van der Waals surface area contributed by atoms with Gasteiger partial charge in [0, 0.05) is 17.0 Å².